The second-order valence-electron chi connectivity index (χ2n) is 5.12. The fourth-order valence-electron chi connectivity index (χ4n) is 2.57. The van der Waals surface area contributed by atoms with Crippen molar-refractivity contribution in [3.05, 3.63) is 66.2 Å². The Morgan fingerprint density at radius 2 is 1.62 bits per heavy atom. The van der Waals surface area contributed by atoms with E-state index in [1.807, 2.05) is 41.3 Å². The number of ether oxygens (including phenoxy) is 1. The van der Waals surface area contributed by atoms with E-state index in [1.54, 1.807) is 24.3 Å². The molecule has 0 spiro atoms. The van der Waals surface area contributed by atoms with Gasteiger partial charge in [-0.05, 0) is 17.7 Å². The van der Waals surface area contributed by atoms with Crippen molar-refractivity contribution in [3.8, 4) is 0 Å². The molecule has 2 aromatic rings. The SMILES string of the molecule is O=C1OCCN(c2ccccc2)CC1(O)c1ccccc1. The van der Waals surface area contributed by atoms with Crippen LogP contribution in [0.2, 0.25) is 0 Å². The minimum absolute atomic E-state index is 0.180. The molecule has 3 rings (SSSR count). The summed E-state index contributed by atoms with van der Waals surface area (Å²) in [7, 11) is 0. The van der Waals surface area contributed by atoms with Crippen molar-refractivity contribution < 1.29 is 14.6 Å². The average molecular weight is 283 g/mol. The number of nitrogens with zero attached hydrogens (tertiary/aromatic N) is 1. The molecule has 0 saturated carbocycles. The van der Waals surface area contributed by atoms with Crippen LogP contribution in [0.4, 0.5) is 5.69 Å². The van der Waals surface area contributed by atoms with Gasteiger partial charge in [0.05, 0.1) is 13.1 Å². The first-order valence-corrected chi connectivity index (χ1v) is 6.95. The highest BCUT2D eigenvalue weighted by atomic mass is 16.6. The zero-order valence-corrected chi connectivity index (χ0v) is 11.6. The minimum atomic E-state index is -1.65. The number of cyclic esters (lactones) is 1. The monoisotopic (exact) mass is 283 g/mol. The summed E-state index contributed by atoms with van der Waals surface area (Å²) in [5, 5.41) is 10.9. The highest BCUT2D eigenvalue weighted by Crippen LogP contribution is 2.28. The maximum atomic E-state index is 12.2. The maximum absolute atomic E-state index is 12.2. The standard InChI is InChI=1S/C17H17NO3/c19-16-17(20,14-7-3-1-4-8-14)13-18(11-12-21-16)15-9-5-2-6-10-15/h1-10,20H,11-13H2. The van der Waals surface area contributed by atoms with Gasteiger partial charge in [-0.25, -0.2) is 4.79 Å². The third kappa shape index (κ3) is 2.62. The quantitative estimate of drug-likeness (QED) is 0.856. The van der Waals surface area contributed by atoms with E-state index in [1.165, 1.54) is 0 Å². The van der Waals surface area contributed by atoms with E-state index in [4.69, 9.17) is 4.74 Å². The Kier molecular flexibility index (Phi) is 3.62. The fourth-order valence-corrected chi connectivity index (χ4v) is 2.57. The van der Waals surface area contributed by atoms with Gasteiger partial charge in [-0.15, -0.1) is 0 Å². The third-order valence-electron chi connectivity index (χ3n) is 3.72. The molecule has 0 aliphatic carbocycles. The summed E-state index contributed by atoms with van der Waals surface area (Å²) >= 11 is 0. The first-order chi connectivity index (χ1) is 10.2. The number of β-amino-alcohol motifs (C(OH)–C–C–N with tert-alkyl or cyclic N) is 1. The van der Waals surface area contributed by atoms with Crippen LogP contribution in [-0.4, -0.2) is 30.8 Å². The molecule has 0 aromatic heterocycles. The predicted octanol–water partition coefficient (Wildman–Crippen LogP) is 1.94. The first kappa shape index (κ1) is 13.6. The van der Waals surface area contributed by atoms with Crippen molar-refractivity contribution in [2.24, 2.45) is 0 Å². The van der Waals surface area contributed by atoms with Crippen LogP contribution in [0.1, 0.15) is 5.56 Å². The van der Waals surface area contributed by atoms with Gasteiger partial charge in [-0.1, -0.05) is 48.5 Å². The Balaban J connectivity index is 1.97. The van der Waals surface area contributed by atoms with Crippen molar-refractivity contribution in [1.82, 2.24) is 0 Å². The van der Waals surface area contributed by atoms with Crippen molar-refractivity contribution in [2.75, 3.05) is 24.6 Å². The number of carbonyl (C=O) groups excluding carboxylic acids is 1. The number of aliphatic hydroxyl groups is 1. The molecule has 0 bridgehead atoms. The zero-order valence-electron chi connectivity index (χ0n) is 11.6. The fraction of sp³-hybridized carbons (Fsp3) is 0.235. The van der Waals surface area contributed by atoms with Crippen LogP contribution in [0.15, 0.2) is 60.7 Å². The zero-order chi connectivity index (χ0) is 14.7. The first-order valence-electron chi connectivity index (χ1n) is 6.95. The molecule has 1 N–H and O–H groups in total. The largest absolute Gasteiger partial charge is 0.461 e. The second-order valence-corrected chi connectivity index (χ2v) is 5.12. The Bertz CT molecular complexity index is 614. The molecule has 1 atom stereocenters. The van der Waals surface area contributed by atoms with E-state index in [2.05, 4.69) is 0 Å². The van der Waals surface area contributed by atoms with Crippen LogP contribution in [0.5, 0.6) is 0 Å². The summed E-state index contributed by atoms with van der Waals surface area (Å²) in [6.45, 7) is 1.01. The van der Waals surface area contributed by atoms with Crippen LogP contribution in [-0.2, 0) is 15.1 Å². The lowest BCUT2D eigenvalue weighted by molar-refractivity contribution is -0.163. The van der Waals surface area contributed by atoms with Gasteiger partial charge in [0.25, 0.3) is 0 Å². The van der Waals surface area contributed by atoms with Gasteiger partial charge in [0.15, 0.2) is 0 Å². The molecule has 1 fully saturated rings. The highest BCUT2D eigenvalue weighted by molar-refractivity contribution is 5.82. The number of anilines is 1. The lowest BCUT2D eigenvalue weighted by Crippen LogP contribution is -2.45. The Morgan fingerprint density at radius 3 is 2.29 bits per heavy atom. The van der Waals surface area contributed by atoms with E-state index < -0.39 is 11.6 Å². The van der Waals surface area contributed by atoms with Gasteiger partial charge >= 0.3 is 5.97 Å². The number of para-hydroxylation sites is 1. The van der Waals surface area contributed by atoms with E-state index >= 15 is 0 Å². The molecule has 4 nitrogen and oxygen atoms in total. The lowest BCUT2D eigenvalue weighted by Gasteiger charge is -2.30. The van der Waals surface area contributed by atoms with Crippen LogP contribution < -0.4 is 4.90 Å². The average Bonchev–Trinajstić information content (AvgIpc) is 2.69. The van der Waals surface area contributed by atoms with Crippen LogP contribution in [0.3, 0.4) is 0 Å². The molecule has 1 unspecified atom stereocenters. The predicted molar refractivity (Wildman–Crippen MR) is 80.0 cm³/mol. The van der Waals surface area contributed by atoms with E-state index in [-0.39, 0.29) is 13.2 Å². The van der Waals surface area contributed by atoms with Crippen LogP contribution in [0.25, 0.3) is 0 Å². The topological polar surface area (TPSA) is 49.8 Å². The molecule has 4 heteroatoms. The van der Waals surface area contributed by atoms with E-state index in [9.17, 15) is 9.90 Å². The van der Waals surface area contributed by atoms with Crippen molar-refractivity contribution in [2.45, 2.75) is 5.60 Å². The van der Waals surface area contributed by atoms with Crippen molar-refractivity contribution in [3.63, 3.8) is 0 Å². The van der Waals surface area contributed by atoms with Gasteiger partial charge in [0, 0.05) is 5.69 Å². The van der Waals surface area contributed by atoms with Crippen LogP contribution >= 0.6 is 0 Å². The molecule has 108 valence electrons. The molecule has 1 aliphatic heterocycles. The number of carbonyl (C=O) groups is 1. The Labute approximate surface area is 123 Å². The molecule has 1 saturated heterocycles. The molecule has 0 radical (unpaired) electrons. The number of hydrogen-bond donors (Lipinski definition) is 1. The molecule has 21 heavy (non-hydrogen) atoms. The van der Waals surface area contributed by atoms with Crippen LogP contribution in [0, 0.1) is 0 Å². The summed E-state index contributed by atoms with van der Waals surface area (Å²) in [4.78, 5) is 14.2. The summed E-state index contributed by atoms with van der Waals surface area (Å²) in [5.74, 6) is -0.591. The van der Waals surface area contributed by atoms with Crippen molar-refractivity contribution >= 4 is 11.7 Å². The van der Waals surface area contributed by atoms with E-state index in [0.717, 1.165) is 5.69 Å². The number of benzene rings is 2. The number of hydrogen-bond acceptors (Lipinski definition) is 4. The van der Waals surface area contributed by atoms with E-state index in [0.29, 0.717) is 12.1 Å². The second kappa shape index (κ2) is 5.58. The molecular formula is C17H17NO3. The Morgan fingerprint density at radius 1 is 1.00 bits per heavy atom. The van der Waals surface area contributed by atoms with Gasteiger partial charge in [0.1, 0.15) is 6.61 Å². The highest BCUT2D eigenvalue weighted by Gasteiger charge is 2.43. The summed E-state index contributed by atoms with van der Waals surface area (Å²) in [6, 6.07) is 18.7. The van der Waals surface area contributed by atoms with Gasteiger partial charge < -0.3 is 14.7 Å². The molecule has 1 heterocycles. The molecular weight excluding hydrogens is 266 g/mol. The Hall–Kier alpha value is -2.33. The molecule has 1 aliphatic rings. The number of esters is 1. The molecule has 0 amide bonds. The smallest absolute Gasteiger partial charge is 0.344 e. The maximum Gasteiger partial charge on any atom is 0.344 e. The van der Waals surface area contributed by atoms with Gasteiger partial charge in [-0.3, -0.25) is 0 Å². The lowest BCUT2D eigenvalue weighted by atomic mass is 9.93. The third-order valence-corrected chi connectivity index (χ3v) is 3.72. The normalized spacial score (nSPS) is 22.5. The van der Waals surface area contributed by atoms with Gasteiger partial charge in [0.2, 0.25) is 5.60 Å². The van der Waals surface area contributed by atoms with Crippen molar-refractivity contribution in [1.29, 1.82) is 0 Å². The molecule has 2 aromatic carbocycles. The summed E-state index contributed by atoms with van der Waals surface area (Å²) < 4.78 is 5.19. The minimum Gasteiger partial charge on any atom is -0.461 e. The summed E-state index contributed by atoms with van der Waals surface area (Å²) in [5.41, 5.74) is -0.129. The number of rotatable bonds is 2. The summed E-state index contributed by atoms with van der Waals surface area (Å²) in [6.07, 6.45) is 0. The van der Waals surface area contributed by atoms with Gasteiger partial charge in [-0.2, -0.15) is 0 Å².